The number of aromatic carboxylic acids is 1. The molecule has 0 spiro atoms. The Labute approximate surface area is 96.1 Å². The molecule has 1 aliphatic rings. The van der Waals surface area contributed by atoms with E-state index < -0.39 is 11.9 Å². The molecule has 0 saturated carbocycles. The highest BCUT2D eigenvalue weighted by atomic mass is 19.3. The number of halogens is 2. The van der Waals surface area contributed by atoms with Crippen LogP contribution in [0, 0.1) is 0 Å². The minimum atomic E-state index is -2.64. The molecule has 0 radical (unpaired) electrons. The number of rotatable bonds is 2. The minimum Gasteiger partial charge on any atom is -0.477 e. The quantitative estimate of drug-likeness (QED) is 0.850. The Hall–Kier alpha value is -1.79. The van der Waals surface area contributed by atoms with Crippen molar-refractivity contribution in [2.45, 2.75) is 18.8 Å². The molecule has 0 aromatic carbocycles. The van der Waals surface area contributed by atoms with Gasteiger partial charge in [0.15, 0.2) is 5.69 Å². The van der Waals surface area contributed by atoms with Gasteiger partial charge in [0.2, 0.25) is 5.95 Å². The van der Waals surface area contributed by atoms with Gasteiger partial charge in [0.1, 0.15) is 0 Å². The number of hydrogen-bond acceptors (Lipinski definition) is 4. The normalized spacial score (nSPS) is 19.1. The van der Waals surface area contributed by atoms with Crippen LogP contribution >= 0.6 is 0 Å². The van der Waals surface area contributed by atoms with E-state index in [-0.39, 0.29) is 37.6 Å². The summed E-state index contributed by atoms with van der Waals surface area (Å²) in [7, 11) is 0. The first-order chi connectivity index (χ1) is 7.98. The van der Waals surface area contributed by atoms with Crippen LogP contribution in [0.15, 0.2) is 12.3 Å². The van der Waals surface area contributed by atoms with Gasteiger partial charge >= 0.3 is 5.97 Å². The first kappa shape index (κ1) is 11.7. The number of anilines is 1. The molecule has 0 amide bonds. The second-order valence-electron chi connectivity index (χ2n) is 3.89. The molecule has 17 heavy (non-hydrogen) atoms. The zero-order valence-corrected chi connectivity index (χ0v) is 8.94. The van der Waals surface area contributed by atoms with Crippen LogP contribution in [0.3, 0.4) is 0 Å². The van der Waals surface area contributed by atoms with E-state index in [2.05, 4.69) is 9.97 Å². The molecule has 2 rings (SSSR count). The van der Waals surface area contributed by atoms with Crippen LogP contribution in [-0.4, -0.2) is 40.1 Å². The van der Waals surface area contributed by atoms with Crippen molar-refractivity contribution in [3.8, 4) is 0 Å². The molecule has 92 valence electrons. The van der Waals surface area contributed by atoms with E-state index in [0.717, 1.165) is 0 Å². The van der Waals surface area contributed by atoms with Gasteiger partial charge in [-0.3, -0.25) is 0 Å². The number of carboxylic acids is 1. The molecule has 1 saturated heterocycles. The van der Waals surface area contributed by atoms with Crippen LogP contribution in [0.1, 0.15) is 23.3 Å². The molecule has 1 fully saturated rings. The van der Waals surface area contributed by atoms with Gasteiger partial charge in [-0.05, 0) is 6.07 Å². The van der Waals surface area contributed by atoms with Crippen molar-refractivity contribution >= 4 is 11.9 Å². The number of hydrogen-bond donors (Lipinski definition) is 1. The maximum absolute atomic E-state index is 12.9. The predicted octanol–water partition coefficient (Wildman–Crippen LogP) is 1.41. The van der Waals surface area contributed by atoms with Crippen molar-refractivity contribution in [3.05, 3.63) is 18.0 Å². The maximum Gasteiger partial charge on any atom is 0.354 e. The molecular formula is C10H11F2N3O2. The van der Waals surface area contributed by atoms with E-state index in [1.807, 2.05) is 0 Å². The minimum absolute atomic E-state index is 0.132. The average Bonchev–Trinajstić information content (AvgIpc) is 2.29. The summed E-state index contributed by atoms with van der Waals surface area (Å²) in [5, 5.41) is 8.76. The van der Waals surface area contributed by atoms with Gasteiger partial charge in [-0.2, -0.15) is 0 Å². The van der Waals surface area contributed by atoms with Crippen molar-refractivity contribution < 1.29 is 18.7 Å². The summed E-state index contributed by atoms with van der Waals surface area (Å²) in [6, 6.07) is 1.27. The fraction of sp³-hybridized carbons (Fsp3) is 0.500. The highest BCUT2D eigenvalue weighted by molar-refractivity contribution is 5.85. The molecule has 1 aliphatic heterocycles. The van der Waals surface area contributed by atoms with Crippen molar-refractivity contribution in [2.24, 2.45) is 0 Å². The Morgan fingerprint density at radius 3 is 2.65 bits per heavy atom. The summed E-state index contributed by atoms with van der Waals surface area (Å²) in [6.07, 6.45) is 0.805. The number of nitrogens with zero attached hydrogens (tertiary/aromatic N) is 3. The van der Waals surface area contributed by atoms with Gasteiger partial charge in [0.05, 0.1) is 0 Å². The molecule has 1 aromatic heterocycles. The second kappa shape index (κ2) is 4.23. The second-order valence-corrected chi connectivity index (χ2v) is 3.89. The van der Waals surface area contributed by atoms with Gasteiger partial charge < -0.3 is 10.0 Å². The van der Waals surface area contributed by atoms with Crippen LogP contribution in [0.25, 0.3) is 0 Å². The highest BCUT2D eigenvalue weighted by Gasteiger charge is 2.34. The van der Waals surface area contributed by atoms with Gasteiger partial charge in [-0.15, -0.1) is 0 Å². The SMILES string of the molecule is O=C(O)c1ccnc(N2CCC(F)(F)CC2)n1. The van der Waals surface area contributed by atoms with E-state index in [9.17, 15) is 13.6 Å². The third-order valence-electron chi connectivity index (χ3n) is 2.64. The van der Waals surface area contributed by atoms with Crippen LogP contribution in [0.4, 0.5) is 14.7 Å². The lowest BCUT2D eigenvalue weighted by Gasteiger charge is -2.31. The molecular weight excluding hydrogens is 232 g/mol. The zero-order chi connectivity index (χ0) is 12.5. The summed E-state index contributed by atoms with van der Waals surface area (Å²) in [6.45, 7) is 0.270. The lowest BCUT2D eigenvalue weighted by molar-refractivity contribution is -0.0222. The van der Waals surface area contributed by atoms with Crippen LogP contribution in [-0.2, 0) is 0 Å². The molecule has 0 unspecified atom stereocenters. The largest absolute Gasteiger partial charge is 0.477 e. The van der Waals surface area contributed by atoms with Crippen molar-refractivity contribution in [1.29, 1.82) is 0 Å². The van der Waals surface area contributed by atoms with E-state index >= 15 is 0 Å². The Bertz CT molecular complexity index is 429. The molecule has 0 bridgehead atoms. The number of carbonyl (C=O) groups is 1. The molecule has 5 nitrogen and oxygen atoms in total. The van der Waals surface area contributed by atoms with Crippen molar-refractivity contribution in [3.63, 3.8) is 0 Å². The van der Waals surface area contributed by atoms with Crippen LogP contribution < -0.4 is 4.90 Å². The van der Waals surface area contributed by atoms with Crippen molar-refractivity contribution in [1.82, 2.24) is 9.97 Å². The van der Waals surface area contributed by atoms with Crippen molar-refractivity contribution in [2.75, 3.05) is 18.0 Å². The molecule has 1 N–H and O–H groups in total. The fourth-order valence-corrected chi connectivity index (χ4v) is 1.65. The Kier molecular flexibility index (Phi) is 2.91. The highest BCUT2D eigenvalue weighted by Crippen LogP contribution is 2.29. The monoisotopic (exact) mass is 243 g/mol. The van der Waals surface area contributed by atoms with Gasteiger partial charge in [0.25, 0.3) is 5.92 Å². The lowest BCUT2D eigenvalue weighted by Crippen LogP contribution is -2.40. The fourth-order valence-electron chi connectivity index (χ4n) is 1.65. The van der Waals surface area contributed by atoms with E-state index in [1.165, 1.54) is 12.3 Å². The summed E-state index contributed by atoms with van der Waals surface area (Å²) >= 11 is 0. The standard InChI is InChI=1S/C10H11F2N3O2/c11-10(12)2-5-15(6-3-10)9-13-4-1-7(14-9)8(16)17/h1,4H,2-3,5-6H2,(H,16,17). The molecule has 0 aliphatic carbocycles. The summed E-state index contributed by atoms with van der Waals surface area (Å²) in [5.74, 6) is -3.60. The summed E-state index contributed by atoms with van der Waals surface area (Å²) in [5.41, 5.74) is -0.132. The zero-order valence-electron chi connectivity index (χ0n) is 8.94. The first-order valence-electron chi connectivity index (χ1n) is 5.17. The average molecular weight is 243 g/mol. The maximum atomic E-state index is 12.9. The molecule has 2 heterocycles. The molecule has 0 atom stereocenters. The van der Waals surface area contributed by atoms with Crippen LogP contribution in [0.2, 0.25) is 0 Å². The first-order valence-corrected chi connectivity index (χ1v) is 5.17. The van der Waals surface area contributed by atoms with E-state index in [0.29, 0.717) is 0 Å². The Morgan fingerprint density at radius 2 is 2.06 bits per heavy atom. The molecule has 1 aromatic rings. The van der Waals surface area contributed by atoms with Gasteiger partial charge in [-0.25, -0.2) is 23.5 Å². The van der Waals surface area contributed by atoms with E-state index in [1.54, 1.807) is 4.90 Å². The number of alkyl halides is 2. The Morgan fingerprint density at radius 1 is 1.41 bits per heavy atom. The lowest BCUT2D eigenvalue weighted by atomic mass is 10.1. The number of carboxylic acid groups (broad SMARTS) is 1. The number of aromatic nitrogens is 2. The van der Waals surface area contributed by atoms with E-state index in [4.69, 9.17) is 5.11 Å². The summed E-state index contributed by atoms with van der Waals surface area (Å²) in [4.78, 5) is 20.0. The predicted molar refractivity (Wildman–Crippen MR) is 55.4 cm³/mol. The van der Waals surface area contributed by atoms with Gasteiger partial charge in [-0.1, -0.05) is 0 Å². The topological polar surface area (TPSA) is 66.3 Å². The third-order valence-corrected chi connectivity index (χ3v) is 2.64. The summed E-state index contributed by atoms with van der Waals surface area (Å²) < 4.78 is 25.9. The third kappa shape index (κ3) is 2.66. The van der Waals surface area contributed by atoms with Gasteiger partial charge in [0, 0.05) is 32.1 Å². The molecule has 7 heteroatoms. The Balaban J connectivity index is 2.13. The van der Waals surface area contributed by atoms with Crippen LogP contribution in [0.5, 0.6) is 0 Å². The smallest absolute Gasteiger partial charge is 0.354 e. The number of piperidine rings is 1.